The third-order valence-corrected chi connectivity index (χ3v) is 4.45. The highest BCUT2D eigenvalue weighted by Crippen LogP contribution is 2.34. The van der Waals surface area contributed by atoms with Gasteiger partial charge in [-0.3, -0.25) is 4.90 Å². The number of ether oxygens (including phenoxy) is 2. The number of hydrogen-bond donors (Lipinski definition) is 1. The maximum Gasteiger partial charge on any atom is 0.128 e. The number of nitrogens with two attached hydrogens (primary N) is 1. The average molecular weight is 343 g/mol. The number of methoxy groups -OCH3 is 2. The van der Waals surface area contributed by atoms with Crippen molar-refractivity contribution in [1.29, 1.82) is 0 Å². The van der Waals surface area contributed by atoms with E-state index in [0.717, 1.165) is 47.7 Å². The molecule has 1 heterocycles. The van der Waals surface area contributed by atoms with E-state index in [1.807, 2.05) is 12.1 Å². The first kappa shape index (κ1) is 15.6. The van der Waals surface area contributed by atoms with E-state index >= 15 is 0 Å². The van der Waals surface area contributed by atoms with Crippen molar-refractivity contribution in [2.45, 2.75) is 19.4 Å². The van der Waals surface area contributed by atoms with Crippen LogP contribution >= 0.6 is 15.9 Å². The van der Waals surface area contributed by atoms with Crippen molar-refractivity contribution in [3.05, 3.63) is 22.2 Å². The van der Waals surface area contributed by atoms with Crippen molar-refractivity contribution in [2.24, 2.45) is 11.7 Å². The summed E-state index contributed by atoms with van der Waals surface area (Å²) in [5, 5.41) is 0. The van der Waals surface area contributed by atoms with Gasteiger partial charge in [-0.2, -0.15) is 0 Å². The lowest BCUT2D eigenvalue weighted by Gasteiger charge is -2.32. The second kappa shape index (κ2) is 7.29. The molecule has 0 atom stereocenters. The van der Waals surface area contributed by atoms with Gasteiger partial charge in [-0.05, 0) is 50.5 Å². The van der Waals surface area contributed by atoms with Crippen molar-refractivity contribution < 1.29 is 9.47 Å². The van der Waals surface area contributed by atoms with Gasteiger partial charge in [0, 0.05) is 11.0 Å². The fraction of sp³-hybridized carbons (Fsp3) is 0.600. The topological polar surface area (TPSA) is 47.7 Å². The van der Waals surface area contributed by atoms with Crippen LogP contribution in [0.3, 0.4) is 0 Å². The van der Waals surface area contributed by atoms with E-state index in [1.54, 1.807) is 14.2 Å². The third kappa shape index (κ3) is 3.65. The molecular weight excluding hydrogens is 320 g/mol. The molecule has 0 radical (unpaired) electrons. The number of likely N-dealkylation sites (tertiary alicyclic amines) is 1. The molecule has 2 rings (SSSR count). The Bertz CT molecular complexity index is 420. The molecule has 0 saturated carbocycles. The minimum absolute atomic E-state index is 0.681. The van der Waals surface area contributed by atoms with Gasteiger partial charge in [0.15, 0.2) is 0 Å². The van der Waals surface area contributed by atoms with Gasteiger partial charge in [0.25, 0.3) is 0 Å². The van der Waals surface area contributed by atoms with Crippen LogP contribution in [0.15, 0.2) is 16.6 Å². The van der Waals surface area contributed by atoms with Gasteiger partial charge in [-0.25, -0.2) is 0 Å². The summed E-state index contributed by atoms with van der Waals surface area (Å²) in [5.41, 5.74) is 6.86. The van der Waals surface area contributed by atoms with Gasteiger partial charge in [0.1, 0.15) is 11.5 Å². The van der Waals surface area contributed by atoms with Gasteiger partial charge in [-0.1, -0.05) is 15.9 Å². The van der Waals surface area contributed by atoms with E-state index in [0.29, 0.717) is 5.92 Å². The molecule has 1 saturated heterocycles. The van der Waals surface area contributed by atoms with Crippen molar-refractivity contribution in [1.82, 2.24) is 4.90 Å². The zero-order valence-corrected chi connectivity index (χ0v) is 13.8. The Morgan fingerprint density at radius 2 is 1.75 bits per heavy atom. The molecule has 0 aliphatic carbocycles. The number of hydrogen-bond acceptors (Lipinski definition) is 4. The normalized spacial score (nSPS) is 17.2. The summed E-state index contributed by atoms with van der Waals surface area (Å²) in [6.45, 7) is 3.84. The molecule has 0 aromatic heterocycles. The van der Waals surface area contributed by atoms with Gasteiger partial charge in [0.05, 0.1) is 19.8 Å². The lowest BCUT2D eigenvalue weighted by molar-refractivity contribution is 0.177. The first-order chi connectivity index (χ1) is 9.67. The van der Waals surface area contributed by atoms with Crippen LogP contribution in [0.2, 0.25) is 0 Å². The summed E-state index contributed by atoms with van der Waals surface area (Å²) in [6.07, 6.45) is 2.36. The van der Waals surface area contributed by atoms with Crippen LogP contribution < -0.4 is 15.2 Å². The Kier molecular flexibility index (Phi) is 5.69. The first-order valence-corrected chi connectivity index (χ1v) is 7.80. The molecule has 1 aromatic rings. The van der Waals surface area contributed by atoms with E-state index in [2.05, 4.69) is 20.8 Å². The summed E-state index contributed by atoms with van der Waals surface area (Å²) >= 11 is 3.48. The fourth-order valence-electron chi connectivity index (χ4n) is 2.71. The van der Waals surface area contributed by atoms with E-state index in [1.165, 1.54) is 12.8 Å². The van der Waals surface area contributed by atoms with E-state index in [4.69, 9.17) is 15.2 Å². The molecule has 0 bridgehead atoms. The molecule has 2 N–H and O–H groups in total. The minimum Gasteiger partial charge on any atom is -0.496 e. The first-order valence-electron chi connectivity index (χ1n) is 7.00. The molecule has 112 valence electrons. The van der Waals surface area contributed by atoms with Crippen molar-refractivity contribution in [3.63, 3.8) is 0 Å². The molecule has 1 aliphatic heterocycles. The zero-order valence-electron chi connectivity index (χ0n) is 12.2. The summed E-state index contributed by atoms with van der Waals surface area (Å²) in [4.78, 5) is 2.44. The van der Waals surface area contributed by atoms with E-state index in [-0.39, 0.29) is 0 Å². The van der Waals surface area contributed by atoms with Gasteiger partial charge < -0.3 is 15.2 Å². The molecule has 0 spiro atoms. The molecular formula is C15H23BrN2O2. The molecule has 5 heteroatoms. The zero-order chi connectivity index (χ0) is 14.5. The number of nitrogens with zero attached hydrogens (tertiary/aromatic N) is 1. The fourth-order valence-corrected chi connectivity index (χ4v) is 3.13. The van der Waals surface area contributed by atoms with Crippen LogP contribution in [0.1, 0.15) is 18.4 Å². The summed E-state index contributed by atoms with van der Waals surface area (Å²) < 4.78 is 12.0. The molecule has 1 aromatic carbocycles. The highest BCUT2D eigenvalue weighted by atomic mass is 79.9. The molecule has 1 aliphatic rings. The van der Waals surface area contributed by atoms with Gasteiger partial charge >= 0.3 is 0 Å². The van der Waals surface area contributed by atoms with Gasteiger partial charge in [0.2, 0.25) is 0 Å². The minimum atomic E-state index is 0.681. The van der Waals surface area contributed by atoms with Crippen LogP contribution in [0.5, 0.6) is 11.5 Å². The van der Waals surface area contributed by atoms with E-state index in [9.17, 15) is 0 Å². The molecule has 1 fully saturated rings. The number of halogens is 1. The molecule has 0 unspecified atom stereocenters. The average Bonchev–Trinajstić information content (AvgIpc) is 2.49. The van der Waals surface area contributed by atoms with Crippen molar-refractivity contribution in [3.8, 4) is 11.5 Å². The maximum absolute atomic E-state index is 5.75. The predicted molar refractivity (Wildman–Crippen MR) is 84.3 cm³/mol. The lowest BCUT2D eigenvalue weighted by atomic mass is 9.96. The van der Waals surface area contributed by atoms with Crippen LogP contribution in [0, 0.1) is 5.92 Å². The standard InChI is InChI=1S/C15H23BrN2O2/c1-19-14-7-12(16)8-15(20-2)13(14)10-18-5-3-11(9-17)4-6-18/h7-8,11H,3-6,9-10,17H2,1-2H3. The second-order valence-corrected chi connectivity index (χ2v) is 6.16. The quantitative estimate of drug-likeness (QED) is 0.893. The molecule has 4 nitrogen and oxygen atoms in total. The van der Waals surface area contributed by atoms with Crippen LogP contribution in [0.25, 0.3) is 0 Å². The molecule has 20 heavy (non-hydrogen) atoms. The monoisotopic (exact) mass is 342 g/mol. The lowest BCUT2D eigenvalue weighted by Crippen LogP contribution is -2.35. The van der Waals surface area contributed by atoms with Crippen molar-refractivity contribution in [2.75, 3.05) is 33.9 Å². The number of rotatable bonds is 5. The summed E-state index contributed by atoms with van der Waals surface area (Å²) in [7, 11) is 3.40. The smallest absolute Gasteiger partial charge is 0.128 e. The highest BCUT2D eigenvalue weighted by molar-refractivity contribution is 9.10. The van der Waals surface area contributed by atoms with Crippen LogP contribution in [-0.4, -0.2) is 38.8 Å². The molecule has 0 amide bonds. The number of benzene rings is 1. The van der Waals surface area contributed by atoms with Crippen molar-refractivity contribution >= 4 is 15.9 Å². The third-order valence-electron chi connectivity index (χ3n) is 3.99. The maximum atomic E-state index is 5.75. The Balaban J connectivity index is 2.12. The predicted octanol–water partition coefficient (Wildman–Crippen LogP) is 2.64. The summed E-state index contributed by atoms with van der Waals surface area (Å²) in [6, 6.07) is 3.98. The van der Waals surface area contributed by atoms with Gasteiger partial charge in [-0.15, -0.1) is 0 Å². The Morgan fingerprint density at radius 3 is 2.20 bits per heavy atom. The Morgan fingerprint density at radius 1 is 1.20 bits per heavy atom. The van der Waals surface area contributed by atoms with Crippen LogP contribution in [0.4, 0.5) is 0 Å². The van der Waals surface area contributed by atoms with Crippen LogP contribution in [-0.2, 0) is 6.54 Å². The van der Waals surface area contributed by atoms with E-state index < -0.39 is 0 Å². The summed E-state index contributed by atoms with van der Waals surface area (Å²) in [5.74, 6) is 2.43. The Hall–Kier alpha value is -0.780. The number of piperidine rings is 1. The second-order valence-electron chi connectivity index (χ2n) is 5.24. The Labute approximate surface area is 129 Å². The highest BCUT2D eigenvalue weighted by Gasteiger charge is 2.21. The largest absolute Gasteiger partial charge is 0.496 e. The SMILES string of the molecule is COc1cc(Br)cc(OC)c1CN1CCC(CN)CC1.